The molecule has 8 heteroatoms. The van der Waals surface area contributed by atoms with Crippen molar-refractivity contribution in [1.29, 1.82) is 0 Å². The van der Waals surface area contributed by atoms with Gasteiger partial charge < -0.3 is 10.0 Å². The van der Waals surface area contributed by atoms with Crippen LogP contribution in [-0.4, -0.2) is 41.4 Å². The van der Waals surface area contributed by atoms with Crippen LogP contribution in [0.2, 0.25) is 10.0 Å². The second-order valence-electron chi connectivity index (χ2n) is 9.44. The molecule has 0 aromatic heterocycles. The van der Waals surface area contributed by atoms with E-state index in [1.807, 2.05) is 69.3 Å². The Balaban J connectivity index is 1.87. The van der Waals surface area contributed by atoms with E-state index in [4.69, 9.17) is 28.2 Å². The highest BCUT2D eigenvalue weighted by Crippen LogP contribution is 2.32. The van der Waals surface area contributed by atoms with Gasteiger partial charge in [0.1, 0.15) is 5.75 Å². The molecule has 0 saturated heterocycles. The van der Waals surface area contributed by atoms with Crippen LogP contribution in [0.4, 0.5) is 5.69 Å². The molecule has 1 aliphatic heterocycles. The third kappa shape index (κ3) is 5.35. The molecule has 0 unspecified atom stereocenters. The Hall–Kier alpha value is -3.48. The summed E-state index contributed by atoms with van der Waals surface area (Å²) in [7, 11) is 0. The lowest BCUT2D eigenvalue weighted by Gasteiger charge is -2.27. The molecule has 1 aliphatic rings. The Bertz CT molecular complexity index is 1380. The van der Waals surface area contributed by atoms with Crippen LogP contribution in [0.15, 0.2) is 76.7 Å². The minimum atomic E-state index is -1.21. The first kappa shape index (κ1) is 25.6. The SMILES string of the molecule is CC(C)(C)C(=O)CN1C(=O)[C@@H](/N=C/c2cc(Cl)cc(Cl)c2O)N=C(c2ccccc2)c2ccccc21. The van der Waals surface area contributed by atoms with Gasteiger partial charge in [-0.15, -0.1) is 0 Å². The van der Waals surface area contributed by atoms with Crippen LogP contribution in [0.5, 0.6) is 5.75 Å². The zero-order valence-corrected chi connectivity index (χ0v) is 21.6. The molecule has 4 rings (SSSR count). The number of halogens is 2. The van der Waals surface area contributed by atoms with E-state index in [0.29, 0.717) is 22.0 Å². The summed E-state index contributed by atoms with van der Waals surface area (Å²) in [6.45, 7) is 5.32. The lowest BCUT2D eigenvalue weighted by molar-refractivity contribution is -0.127. The minimum absolute atomic E-state index is 0.0643. The summed E-state index contributed by atoms with van der Waals surface area (Å²) in [5, 5.41) is 10.7. The third-order valence-electron chi connectivity index (χ3n) is 5.79. The number of para-hydroxylation sites is 1. The average Bonchev–Trinajstić information content (AvgIpc) is 2.95. The molecule has 0 radical (unpaired) electrons. The van der Waals surface area contributed by atoms with Crippen molar-refractivity contribution in [1.82, 2.24) is 0 Å². The normalized spacial score (nSPS) is 16.0. The number of benzodiazepines with no additional fused rings is 1. The number of carbonyl (C=O) groups excluding carboxylic acids is 2. The van der Waals surface area contributed by atoms with Crippen LogP contribution in [-0.2, 0) is 9.59 Å². The molecular formula is C28H25Cl2N3O3. The van der Waals surface area contributed by atoms with E-state index < -0.39 is 17.5 Å². The summed E-state index contributed by atoms with van der Waals surface area (Å²) in [4.78, 5) is 37.5. The van der Waals surface area contributed by atoms with Crippen molar-refractivity contribution >= 4 is 52.5 Å². The maximum atomic E-state index is 13.8. The highest BCUT2D eigenvalue weighted by Gasteiger charge is 2.34. The summed E-state index contributed by atoms with van der Waals surface area (Å²) in [5.41, 5.74) is 2.26. The van der Waals surface area contributed by atoms with Gasteiger partial charge in [-0.05, 0) is 18.2 Å². The number of ketones is 1. The number of hydrogen-bond acceptors (Lipinski definition) is 5. The number of rotatable bonds is 5. The van der Waals surface area contributed by atoms with Crippen molar-refractivity contribution in [3.8, 4) is 5.75 Å². The van der Waals surface area contributed by atoms with Crippen LogP contribution in [0.3, 0.4) is 0 Å². The largest absolute Gasteiger partial charge is 0.506 e. The molecule has 0 aliphatic carbocycles. The van der Waals surface area contributed by atoms with E-state index in [2.05, 4.69) is 4.99 Å². The summed E-state index contributed by atoms with van der Waals surface area (Å²) in [6.07, 6.45) is 0.110. The highest BCUT2D eigenvalue weighted by atomic mass is 35.5. The number of amides is 1. The topological polar surface area (TPSA) is 82.3 Å². The molecule has 0 spiro atoms. The Morgan fingerprint density at radius 1 is 1.08 bits per heavy atom. The van der Waals surface area contributed by atoms with Gasteiger partial charge in [0.25, 0.3) is 5.91 Å². The van der Waals surface area contributed by atoms with Gasteiger partial charge in [-0.25, -0.2) is 4.99 Å². The molecule has 3 aromatic rings. The number of nitrogens with zero attached hydrogens (tertiary/aromatic N) is 3. The second-order valence-corrected chi connectivity index (χ2v) is 10.3. The Morgan fingerprint density at radius 2 is 1.75 bits per heavy atom. The molecule has 1 heterocycles. The molecule has 0 saturated carbocycles. The number of hydrogen-bond donors (Lipinski definition) is 1. The first-order chi connectivity index (χ1) is 17.1. The summed E-state index contributed by atoms with van der Waals surface area (Å²) < 4.78 is 0. The minimum Gasteiger partial charge on any atom is -0.506 e. The van der Waals surface area contributed by atoms with E-state index in [1.165, 1.54) is 23.2 Å². The van der Waals surface area contributed by atoms with Gasteiger partial charge in [-0.2, -0.15) is 0 Å². The fourth-order valence-electron chi connectivity index (χ4n) is 3.72. The van der Waals surface area contributed by atoms with Gasteiger partial charge in [0, 0.05) is 33.3 Å². The highest BCUT2D eigenvalue weighted by molar-refractivity contribution is 6.36. The van der Waals surface area contributed by atoms with Crippen molar-refractivity contribution in [3.63, 3.8) is 0 Å². The van der Waals surface area contributed by atoms with Gasteiger partial charge in [-0.1, -0.05) is 92.5 Å². The maximum Gasteiger partial charge on any atom is 0.274 e. The van der Waals surface area contributed by atoms with Crippen LogP contribution in [0.1, 0.15) is 37.5 Å². The molecule has 0 fully saturated rings. The standard InChI is InChI=1S/C28H25Cl2N3O3/c1-28(2,3)23(34)16-33-22-12-8-7-11-20(22)24(17-9-5-4-6-10-17)32-26(27(33)36)31-15-18-13-19(29)14-21(30)25(18)35/h4-15,26,35H,16H2,1-3H3/b31-15+/t26-/m0/s1. The summed E-state index contributed by atoms with van der Waals surface area (Å²) >= 11 is 12.1. The summed E-state index contributed by atoms with van der Waals surface area (Å²) in [6, 6.07) is 19.7. The average molecular weight is 522 g/mol. The number of phenols is 1. The van der Waals surface area contributed by atoms with Gasteiger partial charge in [0.05, 0.1) is 23.0 Å². The molecular weight excluding hydrogens is 497 g/mol. The fraction of sp³-hybridized carbons (Fsp3) is 0.214. The predicted molar refractivity (Wildman–Crippen MR) is 145 cm³/mol. The maximum absolute atomic E-state index is 13.8. The Kier molecular flexibility index (Phi) is 7.29. The zero-order valence-electron chi connectivity index (χ0n) is 20.1. The van der Waals surface area contributed by atoms with E-state index in [-0.39, 0.29) is 28.7 Å². The van der Waals surface area contributed by atoms with Gasteiger partial charge in [0.15, 0.2) is 5.78 Å². The molecule has 1 N–H and O–H groups in total. The van der Waals surface area contributed by atoms with E-state index in [1.54, 1.807) is 6.07 Å². The lowest BCUT2D eigenvalue weighted by atomic mass is 9.90. The lowest BCUT2D eigenvalue weighted by Crippen LogP contribution is -2.43. The van der Waals surface area contributed by atoms with Gasteiger partial charge in [0.2, 0.25) is 6.17 Å². The number of benzene rings is 3. The first-order valence-corrected chi connectivity index (χ1v) is 12.1. The number of fused-ring (bicyclic) bond motifs is 1. The monoisotopic (exact) mass is 521 g/mol. The van der Waals surface area contributed by atoms with Crippen molar-refractivity contribution in [3.05, 3.63) is 93.5 Å². The molecule has 0 bridgehead atoms. The second kappa shape index (κ2) is 10.2. The van der Waals surface area contributed by atoms with Crippen molar-refractivity contribution in [2.45, 2.75) is 26.9 Å². The molecule has 3 aromatic carbocycles. The number of aromatic hydroxyl groups is 1. The quantitative estimate of drug-likeness (QED) is 0.421. The predicted octanol–water partition coefficient (Wildman–Crippen LogP) is 5.94. The van der Waals surface area contributed by atoms with Crippen molar-refractivity contribution in [2.24, 2.45) is 15.4 Å². The molecule has 6 nitrogen and oxygen atoms in total. The fourth-order valence-corrected chi connectivity index (χ4v) is 4.23. The molecule has 1 amide bonds. The first-order valence-electron chi connectivity index (χ1n) is 11.3. The Morgan fingerprint density at radius 3 is 2.44 bits per heavy atom. The number of carbonyl (C=O) groups is 2. The van der Waals surface area contributed by atoms with Crippen molar-refractivity contribution in [2.75, 3.05) is 11.4 Å². The van der Waals surface area contributed by atoms with Crippen LogP contribution in [0.25, 0.3) is 0 Å². The zero-order chi connectivity index (χ0) is 26.0. The number of Topliss-reactive ketones (excluding diaryl/α,β-unsaturated/α-hetero) is 1. The smallest absolute Gasteiger partial charge is 0.274 e. The number of phenolic OH excluding ortho intramolecular Hbond substituents is 1. The van der Waals surface area contributed by atoms with E-state index in [9.17, 15) is 14.7 Å². The van der Waals surface area contributed by atoms with Gasteiger partial charge >= 0.3 is 0 Å². The number of anilines is 1. The molecule has 1 atom stereocenters. The summed E-state index contributed by atoms with van der Waals surface area (Å²) in [5.74, 6) is -0.771. The van der Waals surface area contributed by atoms with Gasteiger partial charge in [-0.3, -0.25) is 14.6 Å². The van der Waals surface area contributed by atoms with E-state index in [0.717, 1.165) is 5.56 Å². The van der Waals surface area contributed by atoms with E-state index >= 15 is 0 Å². The van der Waals surface area contributed by atoms with Crippen LogP contribution >= 0.6 is 23.2 Å². The molecule has 184 valence electrons. The van der Waals surface area contributed by atoms with Crippen molar-refractivity contribution < 1.29 is 14.7 Å². The number of aliphatic imine (C=N–C) groups is 2. The Labute approximate surface area is 219 Å². The molecule has 36 heavy (non-hydrogen) atoms. The van der Waals surface area contributed by atoms with Crippen LogP contribution < -0.4 is 4.90 Å². The van der Waals surface area contributed by atoms with Crippen LogP contribution in [0, 0.1) is 5.41 Å². The third-order valence-corrected chi connectivity index (χ3v) is 6.29.